The highest BCUT2D eigenvalue weighted by Gasteiger charge is 2.09. The quantitative estimate of drug-likeness (QED) is 0.472. The van der Waals surface area contributed by atoms with E-state index >= 15 is 0 Å². The minimum absolute atomic E-state index is 0.0620. The maximum absolute atomic E-state index is 10.3. The molecule has 3 N–H and O–H groups in total. The zero-order chi connectivity index (χ0) is 10.3. The number of ether oxygens (including phenoxy) is 1. The standard InChI is InChI=1S/C8H16O5/c1-6(10)13-5-8(12)3-2-7(11)4-9/h7-9,11-12H,2-5H2,1H3/t7-,8+/m1/s1. The van der Waals surface area contributed by atoms with Crippen LogP contribution in [-0.4, -0.2) is 46.7 Å². The van der Waals surface area contributed by atoms with Gasteiger partial charge in [0, 0.05) is 6.92 Å². The van der Waals surface area contributed by atoms with Crippen molar-refractivity contribution in [1.82, 2.24) is 0 Å². The first-order valence-corrected chi connectivity index (χ1v) is 4.16. The van der Waals surface area contributed by atoms with Crippen LogP contribution in [0.3, 0.4) is 0 Å². The zero-order valence-corrected chi connectivity index (χ0v) is 7.64. The van der Waals surface area contributed by atoms with Gasteiger partial charge in [-0.05, 0) is 12.8 Å². The molecule has 0 rings (SSSR count). The number of hydrogen-bond donors (Lipinski definition) is 3. The van der Waals surface area contributed by atoms with Crippen molar-refractivity contribution in [2.75, 3.05) is 13.2 Å². The van der Waals surface area contributed by atoms with Crippen molar-refractivity contribution in [3.05, 3.63) is 0 Å². The molecule has 0 aliphatic heterocycles. The van der Waals surface area contributed by atoms with Crippen LogP contribution in [0.2, 0.25) is 0 Å². The Morgan fingerprint density at radius 3 is 2.31 bits per heavy atom. The molecule has 0 saturated heterocycles. The fraction of sp³-hybridized carbons (Fsp3) is 0.875. The van der Waals surface area contributed by atoms with Gasteiger partial charge < -0.3 is 20.1 Å². The molecule has 0 aromatic carbocycles. The molecule has 0 aromatic heterocycles. The van der Waals surface area contributed by atoms with Crippen molar-refractivity contribution in [3.8, 4) is 0 Å². The summed E-state index contributed by atoms with van der Waals surface area (Å²) in [6, 6.07) is 0. The Balaban J connectivity index is 3.39. The Bertz CT molecular complexity index is 147. The average molecular weight is 192 g/mol. The molecule has 78 valence electrons. The molecule has 0 radical (unpaired) electrons. The van der Waals surface area contributed by atoms with Gasteiger partial charge in [0.2, 0.25) is 0 Å². The summed E-state index contributed by atoms with van der Waals surface area (Å²) in [6.07, 6.45) is -0.995. The summed E-state index contributed by atoms with van der Waals surface area (Å²) in [5.74, 6) is -0.443. The molecular formula is C8H16O5. The summed E-state index contributed by atoms with van der Waals surface area (Å²) < 4.78 is 4.54. The fourth-order valence-corrected chi connectivity index (χ4v) is 0.773. The molecule has 13 heavy (non-hydrogen) atoms. The fourth-order valence-electron chi connectivity index (χ4n) is 0.773. The number of esters is 1. The highest BCUT2D eigenvalue weighted by atomic mass is 16.5. The summed E-state index contributed by atoms with van der Waals surface area (Å²) in [5.41, 5.74) is 0. The summed E-state index contributed by atoms with van der Waals surface area (Å²) >= 11 is 0. The summed E-state index contributed by atoms with van der Waals surface area (Å²) in [6.45, 7) is 0.878. The van der Waals surface area contributed by atoms with Crippen LogP contribution < -0.4 is 0 Å². The van der Waals surface area contributed by atoms with E-state index in [-0.39, 0.29) is 13.2 Å². The topological polar surface area (TPSA) is 87.0 Å². The molecular weight excluding hydrogens is 176 g/mol. The first-order chi connectivity index (χ1) is 6.06. The Morgan fingerprint density at radius 2 is 1.85 bits per heavy atom. The Kier molecular flexibility index (Phi) is 6.48. The van der Waals surface area contributed by atoms with Crippen LogP contribution in [0.4, 0.5) is 0 Å². The van der Waals surface area contributed by atoms with E-state index in [0.717, 1.165) is 0 Å². The van der Waals surface area contributed by atoms with Crippen LogP contribution in [0.5, 0.6) is 0 Å². The number of aliphatic hydroxyl groups is 3. The van der Waals surface area contributed by atoms with Crippen molar-refractivity contribution < 1.29 is 24.9 Å². The van der Waals surface area contributed by atoms with E-state index in [1.807, 2.05) is 0 Å². The van der Waals surface area contributed by atoms with Crippen molar-refractivity contribution >= 4 is 5.97 Å². The number of carbonyl (C=O) groups is 1. The second-order valence-electron chi connectivity index (χ2n) is 2.87. The van der Waals surface area contributed by atoms with Crippen molar-refractivity contribution in [2.24, 2.45) is 0 Å². The first kappa shape index (κ1) is 12.3. The van der Waals surface area contributed by atoms with Crippen molar-refractivity contribution in [2.45, 2.75) is 32.0 Å². The largest absolute Gasteiger partial charge is 0.463 e. The Labute approximate surface area is 77.0 Å². The van der Waals surface area contributed by atoms with Gasteiger partial charge in [-0.1, -0.05) is 0 Å². The van der Waals surface area contributed by atoms with Crippen LogP contribution in [0.25, 0.3) is 0 Å². The van der Waals surface area contributed by atoms with Crippen LogP contribution in [0, 0.1) is 0 Å². The molecule has 2 atom stereocenters. The van der Waals surface area contributed by atoms with Crippen LogP contribution >= 0.6 is 0 Å². The van der Waals surface area contributed by atoms with E-state index < -0.39 is 18.2 Å². The van der Waals surface area contributed by atoms with Gasteiger partial charge in [-0.2, -0.15) is 0 Å². The smallest absolute Gasteiger partial charge is 0.302 e. The lowest BCUT2D eigenvalue weighted by atomic mass is 10.1. The van der Waals surface area contributed by atoms with Crippen LogP contribution in [0.1, 0.15) is 19.8 Å². The molecule has 0 aliphatic rings. The summed E-state index contributed by atoms with van der Waals surface area (Å²) in [5, 5.41) is 26.5. The predicted molar refractivity (Wildman–Crippen MR) is 45.0 cm³/mol. The molecule has 0 aliphatic carbocycles. The van der Waals surface area contributed by atoms with Gasteiger partial charge >= 0.3 is 5.97 Å². The minimum atomic E-state index is -0.813. The average Bonchev–Trinajstić information content (AvgIpc) is 2.10. The van der Waals surface area contributed by atoms with E-state index in [1.54, 1.807) is 0 Å². The van der Waals surface area contributed by atoms with Crippen LogP contribution in [-0.2, 0) is 9.53 Å². The Hall–Kier alpha value is -0.650. The molecule has 5 heteroatoms. The zero-order valence-electron chi connectivity index (χ0n) is 7.64. The lowest BCUT2D eigenvalue weighted by Crippen LogP contribution is -2.21. The molecule has 5 nitrogen and oxygen atoms in total. The van der Waals surface area contributed by atoms with Gasteiger partial charge in [-0.3, -0.25) is 4.79 Å². The van der Waals surface area contributed by atoms with E-state index in [0.29, 0.717) is 12.8 Å². The SMILES string of the molecule is CC(=O)OC[C@@H](O)CC[C@@H](O)CO. The van der Waals surface area contributed by atoms with Crippen LogP contribution in [0.15, 0.2) is 0 Å². The third kappa shape index (κ3) is 7.70. The van der Waals surface area contributed by atoms with Crippen molar-refractivity contribution in [3.63, 3.8) is 0 Å². The third-order valence-corrected chi connectivity index (χ3v) is 1.52. The highest BCUT2D eigenvalue weighted by molar-refractivity contribution is 5.65. The molecule has 0 fully saturated rings. The van der Waals surface area contributed by atoms with Gasteiger partial charge in [-0.15, -0.1) is 0 Å². The van der Waals surface area contributed by atoms with E-state index in [4.69, 9.17) is 10.2 Å². The first-order valence-electron chi connectivity index (χ1n) is 4.16. The van der Waals surface area contributed by atoms with Gasteiger partial charge in [0.05, 0.1) is 18.8 Å². The molecule has 0 aromatic rings. The molecule has 0 saturated carbocycles. The van der Waals surface area contributed by atoms with Gasteiger partial charge in [0.25, 0.3) is 0 Å². The lowest BCUT2D eigenvalue weighted by molar-refractivity contribution is -0.144. The molecule has 0 bridgehead atoms. The van der Waals surface area contributed by atoms with Gasteiger partial charge in [0.1, 0.15) is 6.61 Å². The predicted octanol–water partition coefficient (Wildman–Crippen LogP) is -0.956. The van der Waals surface area contributed by atoms with Crippen molar-refractivity contribution in [1.29, 1.82) is 0 Å². The van der Waals surface area contributed by atoms with E-state index in [9.17, 15) is 9.90 Å². The molecule has 0 spiro atoms. The number of carbonyl (C=O) groups excluding carboxylic acids is 1. The number of aliphatic hydroxyl groups excluding tert-OH is 3. The van der Waals surface area contributed by atoms with Gasteiger partial charge in [0.15, 0.2) is 0 Å². The molecule has 0 amide bonds. The maximum Gasteiger partial charge on any atom is 0.302 e. The van der Waals surface area contributed by atoms with E-state index in [2.05, 4.69) is 4.74 Å². The lowest BCUT2D eigenvalue weighted by Gasteiger charge is -2.12. The monoisotopic (exact) mass is 192 g/mol. The minimum Gasteiger partial charge on any atom is -0.463 e. The normalized spacial score (nSPS) is 15.1. The second kappa shape index (κ2) is 6.82. The third-order valence-electron chi connectivity index (χ3n) is 1.52. The summed E-state index contributed by atoms with van der Waals surface area (Å²) in [7, 11) is 0. The number of hydrogen-bond acceptors (Lipinski definition) is 5. The Morgan fingerprint density at radius 1 is 1.31 bits per heavy atom. The second-order valence-corrected chi connectivity index (χ2v) is 2.87. The number of rotatable bonds is 6. The maximum atomic E-state index is 10.3. The van der Waals surface area contributed by atoms with Gasteiger partial charge in [-0.25, -0.2) is 0 Å². The molecule has 0 unspecified atom stereocenters. The molecule has 0 heterocycles. The highest BCUT2D eigenvalue weighted by Crippen LogP contribution is 2.01. The van der Waals surface area contributed by atoms with E-state index in [1.165, 1.54) is 6.92 Å². The summed E-state index contributed by atoms with van der Waals surface area (Å²) in [4.78, 5) is 10.3.